The number of carboxylic acid groups (broad SMARTS) is 1. The van der Waals surface area contributed by atoms with Gasteiger partial charge in [0.2, 0.25) is 5.91 Å². The smallest absolute Gasteiger partial charge is 0.307 e. The quantitative estimate of drug-likeness (QED) is 0.759. The minimum Gasteiger partial charge on any atom is -0.481 e. The number of benzene rings is 1. The molecule has 19 heavy (non-hydrogen) atoms. The van der Waals surface area contributed by atoms with E-state index in [1.165, 1.54) is 11.8 Å². The summed E-state index contributed by atoms with van der Waals surface area (Å²) in [4.78, 5) is 22.2. The number of anilines is 1. The number of thioether (sulfide) groups is 1. The Morgan fingerprint density at radius 2 is 2.11 bits per heavy atom. The third-order valence-corrected chi connectivity index (χ3v) is 3.97. The van der Waals surface area contributed by atoms with E-state index in [9.17, 15) is 9.59 Å². The fourth-order valence-corrected chi connectivity index (χ4v) is 2.45. The third kappa shape index (κ3) is 5.98. The highest BCUT2D eigenvalue weighted by molar-refractivity contribution is 7.99. The molecule has 0 aliphatic carbocycles. The number of carboxylic acids is 1. The van der Waals surface area contributed by atoms with Gasteiger partial charge in [-0.05, 0) is 12.1 Å². The van der Waals surface area contributed by atoms with E-state index in [-0.39, 0.29) is 5.91 Å². The summed E-state index contributed by atoms with van der Waals surface area (Å²) in [6.45, 7) is 1.65. The first-order valence-corrected chi connectivity index (χ1v) is 7.39. The second-order valence-electron chi connectivity index (χ2n) is 4.09. The van der Waals surface area contributed by atoms with Crippen LogP contribution < -0.4 is 5.32 Å². The van der Waals surface area contributed by atoms with Gasteiger partial charge in [-0.2, -0.15) is 11.8 Å². The van der Waals surface area contributed by atoms with Crippen molar-refractivity contribution in [1.82, 2.24) is 0 Å². The predicted octanol–water partition coefficient (Wildman–Crippen LogP) is 3.12. The molecule has 104 valence electrons. The molecular weight excluding hydrogens is 286 g/mol. The van der Waals surface area contributed by atoms with E-state index in [0.29, 0.717) is 28.6 Å². The number of hydrogen-bond acceptors (Lipinski definition) is 3. The number of hydrogen-bond donors (Lipinski definition) is 2. The van der Waals surface area contributed by atoms with Gasteiger partial charge in [-0.25, -0.2) is 0 Å². The Morgan fingerprint density at radius 3 is 2.74 bits per heavy atom. The van der Waals surface area contributed by atoms with Gasteiger partial charge in [-0.1, -0.05) is 30.7 Å². The van der Waals surface area contributed by atoms with Crippen molar-refractivity contribution in [3.8, 4) is 0 Å². The number of rotatable bonds is 7. The van der Waals surface area contributed by atoms with E-state index in [0.717, 1.165) is 0 Å². The Hall–Kier alpha value is -1.20. The molecule has 1 atom stereocenters. The molecule has 0 fully saturated rings. The van der Waals surface area contributed by atoms with Crippen LogP contribution in [0.5, 0.6) is 0 Å². The van der Waals surface area contributed by atoms with Gasteiger partial charge in [-0.3, -0.25) is 9.59 Å². The first kappa shape index (κ1) is 15.9. The van der Waals surface area contributed by atoms with E-state index < -0.39 is 11.9 Å². The lowest BCUT2D eigenvalue weighted by Crippen LogP contribution is -2.14. The molecule has 0 heterocycles. The lowest BCUT2D eigenvalue weighted by atomic mass is 10.2. The molecule has 0 spiro atoms. The van der Waals surface area contributed by atoms with Gasteiger partial charge in [0, 0.05) is 17.9 Å². The van der Waals surface area contributed by atoms with Crippen LogP contribution in [-0.2, 0) is 9.59 Å². The van der Waals surface area contributed by atoms with Crippen LogP contribution in [0.25, 0.3) is 0 Å². The molecule has 1 aromatic rings. The van der Waals surface area contributed by atoms with Crippen molar-refractivity contribution in [3.63, 3.8) is 0 Å². The summed E-state index contributed by atoms with van der Waals surface area (Å²) < 4.78 is 0. The van der Waals surface area contributed by atoms with Gasteiger partial charge in [-0.15, -0.1) is 0 Å². The third-order valence-electron chi connectivity index (χ3n) is 2.41. The van der Waals surface area contributed by atoms with Crippen LogP contribution in [-0.4, -0.2) is 28.5 Å². The van der Waals surface area contributed by atoms with E-state index in [4.69, 9.17) is 16.7 Å². The van der Waals surface area contributed by atoms with Gasteiger partial charge < -0.3 is 10.4 Å². The number of halogens is 1. The summed E-state index contributed by atoms with van der Waals surface area (Å²) in [5, 5.41) is 11.9. The zero-order valence-electron chi connectivity index (χ0n) is 10.6. The van der Waals surface area contributed by atoms with Crippen molar-refractivity contribution in [2.75, 3.05) is 16.8 Å². The van der Waals surface area contributed by atoms with Crippen LogP contribution in [0.1, 0.15) is 13.3 Å². The van der Waals surface area contributed by atoms with Crippen LogP contribution >= 0.6 is 23.4 Å². The molecular formula is C13H16ClNO3S. The molecule has 2 N–H and O–H groups in total. The fourth-order valence-electron chi connectivity index (χ4n) is 1.27. The van der Waals surface area contributed by atoms with Crippen molar-refractivity contribution in [2.24, 2.45) is 5.92 Å². The summed E-state index contributed by atoms with van der Waals surface area (Å²) in [5.41, 5.74) is 0.595. The second kappa shape index (κ2) is 8.07. The minimum absolute atomic E-state index is 0.122. The highest BCUT2D eigenvalue weighted by atomic mass is 35.5. The molecule has 0 aromatic heterocycles. The average molecular weight is 302 g/mol. The predicted molar refractivity (Wildman–Crippen MR) is 78.8 cm³/mol. The van der Waals surface area contributed by atoms with Crippen LogP contribution in [0.3, 0.4) is 0 Å². The Balaban J connectivity index is 2.26. The maximum absolute atomic E-state index is 11.6. The first-order chi connectivity index (χ1) is 9.00. The zero-order chi connectivity index (χ0) is 14.3. The Bertz CT molecular complexity index is 453. The largest absolute Gasteiger partial charge is 0.481 e. The zero-order valence-corrected chi connectivity index (χ0v) is 12.1. The number of para-hydroxylation sites is 1. The SMILES string of the molecule is CC(CSCCC(=O)Nc1ccccc1Cl)C(=O)O. The summed E-state index contributed by atoms with van der Waals surface area (Å²) >= 11 is 7.38. The molecule has 1 rings (SSSR count). The summed E-state index contributed by atoms with van der Waals surface area (Å²) in [5.74, 6) is -0.226. The van der Waals surface area contributed by atoms with Crippen molar-refractivity contribution in [2.45, 2.75) is 13.3 Å². The monoisotopic (exact) mass is 301 g/mol. The number of amides is 1. The van der Waals surface area contributed by atoms with Crippen molar-refractivity contribution < 1.29 is 14.7 Å². The van der Waals surface area contributed by atoms with Gasteiger partial charge in [0.15, 0.2) is 0 Å². The Labute approximate surface area is 121 Å². The Kier molecular flexibility index (Phi) is 6.73. The van der Waals surface area contributed by atoms with Crippen molar-refractivity contribution >= 4 is 40.9 Å². The maximum Gasteiger partial charge on any atom is 0.307 e. The number of carbonyl (C=O) groups is 2. The van der Waals surface area contributed by atoms with Crippen molar-refractivity contribution in [1.29, 1.82) is 0 Å². The number of carbonyl (C=O) groups excluding carboxylic acids is 1. The Morgan fingerprint density at radius 1 is 1.42 bits per heavy atom. The second-order valence-corrected chi connectivity index (χ2v) is 5.65. The molecule has 0 bridgehead atoms. The van der Waals surface area contributed by atoms with Crippen LogP contribution in [0.2, 0.25) is 5.02 Å². The number of nitrogens with one attached hydrogen (secondary N) is 1. The topological polar surface area (TPSA) is 66.4 Å². The molecule has 0 radical (unpaired) electrons. The van der Waals surface area contributed by atoms with Gasteiger partial charge in [0.25, 0.3) is 0 Å². The molecule has 1 aromatic carbocycles. The highest BCUT2D eigenvalue weighted by Gasteiger charge is 2.11. The van der Waals surface area contributed by atoms with Crippen LogP contribution in [0.4, 0.5) is 5.69 Å². The van der Waals surface area contributed by atoms with Gasteiger partial charge >= 0.3 is 5.97 Å². The molecule has 0 saturated heterocycles. The van der Waals surface area contributed by atoms with E-state index in [1.54, 1.807) is 31.2 Å². The lowest BCUT2D eigenvalue weighted by molar-refractivity contribution is -0.140. The molecule has 6 heteroatoms. The molecule has 0 aliphatic rings. The molecule has 4 nitrogen and oxygen atoms in total. The summed E-state index contributed by atoms with van der Waals surface area (Å²) in [7, 11) is 0. The lowest BCUT2D eigenvalue weighted by Gasteiger charge is -2.07. The van der Waals surface area contributed by atoms with Crippen LogP contribution in [0.15, 0.2) is 24.3 Å². The summed E-state index contributed by atoms with van der Waals surface area (Å²) in [6.07, 6.45) is 0.336. The molecule has 0 saturated carbocycles. The number of aliphatic carboxylic acids is 1. The van der Waals surface area contributed by atoms with Gasteiger partial charge in [0.05, 0.1) is 16.6 Å². The van der Waals surface area contributed by atoms with Crippen molar-refractivity contribution in [3.05, 3.63) is 29.3 Å². The highest BCUT2D eigenvalue weighted by Crippen LogP contribution is 2.20. The van der Waals surface area contributed by atoms with Gasteiger partial charge in [0.1, 0.15) is 0 Å². The molecule has 1 amide bonds. The maximum atomic E-state index is 11.6. The standard InChI is InChI=1S/C13H16ClNO3S/c1-9(13(17)18)8-19-7-6-12(16)15-11-5-3-2-4-10(11)14/h2-5,9H,6-8H2,1H3,(H,15,16)(H,17,18). The average Bonchev–Trinajstić information content (AvgIpc) is 2.37. The first-order valence-electron chi connectivity index (χ1n) is 5.85. The van der Waals surface area contributed by atoms with E-state index in [2.05, 4.69) is 5.32 Å². The molecule has 0 aliphatic heterocycles. The fraction of sp³-hybridized carbons (Fsp3) is 0.385. The normalized spacial score (nSPS) is 11.9. The van der Waals surface area contributed by atoms with Crippen LogP contribution in [0, 0.1) is 5.92 Å². The van der Waals surface area contributed by atoms with E-state index >= 15 is 0 Å². The summed E-state index contributed by atoms with van der Waals surface area (Å²) in [6, 6.07) is 7.03. The van der Waals surface area contributed by atoms with E-state index in [1.807, 2.05) is 0 Å². The minimum atomic E-state index is -0.812. The molecule has 1 unspecified atom stereocenters.